The van der Waals surface area contributed by atoms with E-state index in [1.165, 1.54) is 0 Å². The second-order valence-corrected chi connectivity index (χ2v) is 4.71. The SMILES string of the molecule is CC(C)(N)C(O)c1c(-c2ccccc2)c1=O.Cl. The van der Waals surface area contributed by atoms with E-state index in [9.17, 15) is 9.90 Å². The number of hydrogen-bond donors (Lipinski definition) is 2. The zero-order chi connectivity index (χ0) is 11.9. The summed E-state index contributed by atoms with van der Waals surface area (Å²) in [6.45, 7) is 3.41. The van der Waals surface area contributed by atoms with E-state index in [4.69, 9.17) is 5.73 Å². The molecule has 0 bridgehead atoms. The van der Waals surface area contributed by atoms with Gasteiger partial charge in [0.05, 0.1) is 0 Å². The second kappa shape index (κ2) is 4.61. The fourth-order valence-corrected chi connectivity index (χ4v) is 1.71. The Hall–Kier alpha value is -1.16. The van der Waals surface area contributed by atoms with Gasteiger partial charge in [-0.15, -0.1) is 12.4 Å². The topological polar surface area (TPSA) is 63.3 Å². The number of benzene rings is 1. The molecule has 0 aromatic heterocycles. The van der Waals surface area contributed by atoms with Gasteiger partial charge in [0, 0.05) is 16.7 Å². The maximum Gasteiger partial charge on any atom is 0.193 e. The molecule has 0 radical (unpaired) electrons. The molecular weight excluding hydrogens is 238 g/mol. The molecule has 0 saturated carbocycles. The second-order valence-electron chi connectivity index (χ2n) is 4.71. The zero-order valence-electron chi connectivity index (χ0n) is 9.81. The molecule has 1 atom stereocenters. The Bertz CT molecular complexity index is 507. The van der Waals surface area contributed by atoms with E-state index < -0.39 is 11.6 Å². The van der Waals surface area contributed by atoms with Crippen molar-refractivity contribution in [2.24, 2.45) is 5.73 Å². The van der Waals surface area contributed by atoms with Crippen LogP contribution in [0, 0.1) is 0 Å². The molecule has 0 aliphatic carbocycles. The highest BCUT2D eigenvalue weighted by Crippen LogP contribution is 2.34. The predicted octanol–water partition coefficient (Wildman–Crippen LogP) is 1.78. The number of aliphatic hydroxyl groups excluding tert-OH is 1. The summed E-state index contributed by atoms with van der Waals surface area (Å²) in [7, 11) is 0. The van der Waals surface area contributed by atoms with Crippen LogP contribution in [0.15, 0.2) is 35.1 Å². The Labute approximate surface area is 106 Å². The van der Waals surface area contributed by atoms with Gasteiger partial charge >= 0.3 is 0 Å². The van der Waals surface area contributed by atoms with E-state index in [-0.39, 0.29) is 17.8 Å². The molecule has 0 fully saturated rings. The van der Waals surface area contributed by atoms with E-state index in [0.717, 1.165) is 5.56 Å². The first-order valence-corrected chi connectivity index (χ1v) is 5.24. The normalized spacial score (nSPS) is 13.4. The first-order valence-electron chi connectivity index (χ1n) is 5.24. The summed E-state index contributed by atoms with van der Waals surface area (Å²) < 4.78 is 0. The number of halogens is 1. The molecule has 0 amide bonds. The van der Waals surface area contributed by atoms with Crippen molar-refractivity contribution in [3.8, 4) is 11.1 Å². The molecule has 2 aromatic carbocycles. The van der Waals surface area contributed by atoms with Gasteiger partial charge in [-0.05, 0) is 19.4 Å². The van der Waals surface area contributed by atoms with Crippen LogP contribution in [0.1, 0.15) is 25.5 Å². The number of hydrogen-bond acceptors (Lipinski definition) is 3. The molecule has 3 N–H and O–H groups in total. The van der Waals surface area contributed by atoms with Crippen molar-refractivity contribution in [1.29, 1.82) is 0 Å². The largest absolute Gasteiger partial charge is 0.386 e. The minimum absolute atomic E-state index is 0. The summed E-state index contributed by atoms with van der Waals surface area (Å²) in [6, 6.07) is 9.34. The summed E-state index contributed by atoms with van der Waals surface area (Å²) >= 11 is 0. The number of rotatable bonds is 3. The van der Waals surface area contributed by atoms with E-state index in [0.29, 0.717) is 11.1 Å². The maximum absolute atomic E-state index is 11.6. The molecule has 3 nitrogen and oxygen atoms in total. The quantitative estimate of drug-likeness (QED) is 0.877. The summed E-state index contributed by atoms with van der Waals surface area (Å²) in [5, 5.41) is 9.92. The van der Waals surface area contributed by atoms with Gasteiger partial charge in [-0.3, -0.25) is 4.79 Å². The summed E-state index contributed by atoms with van der Waals surface area (Å²) in [4.78, 5) is 11.6. The third-order valence-electron chi connectivity index (χ3n) is 2.72. The number of nitrogens with two attached hydrogens (primary N) is 1. The van der Waals surface area contributed by atoms with E-state index >= 15 is 0 Å². The van der Waals surface area contributed by atoms with Crippen molar-refractivity contribution in [2.75, 3.05) is 0 Å². The zero-order valence-corrected chi connectivity index (χ0v) is 10.6. The Morgan fingerprint density at radius 2 is 1.76 bits per heavy atom. The summed E-state index contributed by atoms with van der Waals surface area (Å²) in [6.07, 6.45) is -0.893. The lowest BCUT2D eigenvalue weighted by atomic mass is 9.96. The van der Waals surface area contributed by atoms with Gasteiger partial charge in [-0.2, -0.15) is 0 Å². The molecule has 92 valence electrons. The minimum atomic E-state index is -0.893. The standard InChI is InChI=1S/C13H15NO2.ClH/c1-13(2,14)12(16)10-9(11(10)15)8-6-4-3-5-7-8;/h3-7,12,16H,14H2,1-2H3;1H. The lowest BCUT2D eigenvalue weighted by Crippen LogP contribution is -2.38. The molecule has 0 saturated heterocycles. The Morgan fingerprint density at radius 1 is 1.24 bits per heavy atom. The van der Waals surface area contributed by atoms with Gasteiger partial charge in [0.1, 0.15) is 6.10 Å². The van der Waals surface area contributed by atoms with Crippen LogP contribution in [0.3, 0.4) is 0 Å². The lowest BCUT2D eigenvalue weighted by Gasteiger charge is -2.22. The molecule has 1 unspecified atom stereocenters. The van der Waals surface area contributed by atoms with Gasteiger partial charge < -0.3 is 10.8 Å². The molecule has 0 heterocycles. The highest BCUT2D eigenvalue weighted by Gasteiger charge is 2.36. The van der Waals surface area contributed by atoms with Crippen LogP contribution in [0.5, 0.6) is 0 Å². The van der Waals surface area contributed by atoms with Crippen LogP contribution in [0.4, 0.5) is 0 Å². The Balaban J connectivity index is 0.00000144. The summed E-state index contributed by atoms with van der Waals surface area (Å²) in [5.41, 5.74) is 6.85. The smallest absolute Gasteiger partial charge is 0.193 e. The predicted molar refractivity (Wildman–Crippen MR) is 71.0 cm³/mol. The monoisotopic (exact) mass is 253 g/mol. The lowest BCUT2D eigenvalue weighted by molar-refractivity contribution is 0.107. The third-order valence-corrected chi connectivity index (χ3v) is 2.72. The minimum Gasteiger partial charge on any atom is -0.386 e. The van der Waals surface area contributed by atoms with Crippen LogP contribution in [0.2, 0.25) is 0 Å². The van der Waals surface area contributed by atoms with Crippen LogP contribution >= 0.6 is 12.4 Å². The van der Waals surface area contributed by atoms with Gasteiger partial charge in [-0.25, -0.2) is 0 Å². The van der Waals surface area contributed by atoms with Crippen LogP contribution in [-0.4, -0.2) is 10.6 Å². The molecule has 0 aliphatic heterocycles. The van der Waals surface area contributed by atoms with E-state index in [2.05, 4.69) is 0 Å². The van der Waals surface area contributed by atoms with Gasteiger partial charge in [0.2, 0.25) is 0 Å². The van der Waals surface area contributed by atoms with Crippen molar-refractivity contribution in [3.63, 3.8) is 0 Å². The van der Waals surface area contributed by atoms with E-state index in [1.54, 1.807) is 13.8 Å². The Morgan fingerprint density at radius 3 is 2.24 bits per heavy atom. The average Bonchev–Trinajstić information content (AvgIpc) is 2.88. The third kappa shape index (κ3) is 2.57. The molecule has 0 aliphatic rings. The molecule has 2 rings (SSSR count). The molecule has 17 heavy (non-hydrogen) atoms. The molecule has 4 heteroatoms. The van der Waals surface area contributed by atoms with Crippen LogP contribution in [0.25, 0.3) is 11.1 Å². The number of aliphatic hydroxyl groups is 1. The Kier molecular flexibility index (Phi) is 3.77. The fraction of sp³-hybridized carbons (Fsp3) is 0.308. The van der Waals surface area contributed by atoms with E-state index in [1.807, 2.05) is 30.3 Å². The molecular formula is C13H16ClNO2. The van der Waals surface area contributed by atoms with Crippen molar-refractivity contribution < 1.29 is 5.11 Å². The molecule has 0 spiro atoms. The van der Waals surface area contributed by atoms with Crippen molar-refractivity contribution in [3.05, 3.63) is 46.1 Å². The van der Waals surface area contributed by atoms with Gasteiger partial charge in [-0.1, -0.05) is 30.3 Å². The van der Waals surface area contributed by atoms with Crippen molar-refractivity contribution >= 4 is 12.4 Å². The highest BCUT2D eigenvalue weighted by atomic mass is 35.5. The van der Waals surface area contributed by atoms with Crippen LogP contribution in [-0.2, 0) is 0 Å². The molecule has 2 aromatic rings. The first-order chi connectivity index (χ1) is 7.43. The summed E-state index contributed by atoms with van der Waals surface area (Å²) in [5.74, 6) is 0. The van der Waals surface area contributed by atoms with Crippen molar-refractivity contribution in [2.45, 2.75) is 25.5 Å². The van der Waals surface area contributed by atoms with Gasteiger partial charge in [0.15, 0.2) is 5.43 Å². The van der Waals surface area contributed by atoms with Crippen molar-refractivity contribution in [1.82, 2.24) is 0 Å². The maximum atomic E-state index is 11.6. The van der Waals surface area contributed by atoms with Crippen LogP contribution < -0.4 is 11.2 Å². The van der Waals surface area contributed by atoms with Gasteiger partial charge in [0.25, 0.3) is 0 Å². The first kappa shape index (κ1) is 13.9. The average molecular weight is 254 g/mol. The fourth-order valence-electron chi connectivity index (χ4n) is 1.71. The highest BCUT2D eigenvalue weighted by molar-refractivity contribution is 5.85.